The first-order chi connectivity index (χ1) is 13.7. The van der Waals surface area contributed by atoms with Gasteiger partial charge in [-0.2, -0.15) is 4.98 Å². The molecule has 2 aliphatic rings. The van der Waals surface area contributed by atoms with Crippen LogP contribution in [0.4, 0.5) is 0 Å². The van der Waals surface area contributed by atoms with Gasteiger partial charge in [0.15, 0.2) is 0 Å². The molecule has 1 N–H and O–H groups in total. The SMILES string of the molecule is COc1ccc(-c2noc(CCC(=O)N3CCC4(CCNCC4)CC3)n2)cc1.Cl. The van der Waals surface area contributed by atoms with Gasteiger partial charge in [-0.25, -0.2) is 0 Å². The van der Waals surface area contributed by atoms with Gasteiger partial charge in [-0.3, -0.25) is 4.79 Å². The van der Waals surface area contributed by atoms with E-state index in [9.17, 15) is 4.79 Å². The van der Waals surface area contributed by atoms with Crippen molar-refractivity contribution in [1.29, 1.82) is 0 Å². The molecule has 7 nitrogen and oxygen atoms in total. The van der Waals surface area contributed by atoms with Crippen molar-refractivity contribution >= 4 is 18.3 Å². The number of carbonyl (C=O) groups excluding carboxylic acids is 1. The van der Waals surface area contributed by atoms with Crippen LogP contribution in [0.1, 0.15) is 38.0 Å². The van der Waals surface area contributed by atoms with Crippen molar-refractivity contribution < 1.29 is 14.1 Å². The number of methoxy groups -OCH3 is 1. The Morgan fingerprint density at radius 3 is 2.52 bits per heavy atom. The van der Waals surface area contributed by atoms with Crippen molar-refractivity contribution in [3.8, 4) is 17.1 Å². The summed E-state index contributed by atoms with van der Waals surface area (Å²) in [6, 6.07) is 7.51. The molecule has 8 heteroatoms. The van der Waals surface area contributed by atoms with Crippen molar-refractivity contribution in [3.05, 3.63) is 30.2 Å². The van der Waals surface area contributed by atoms with Crippen LogP contribution in [0.15, 0.2) is 28.8 Å². The number of nitrogens with one attached hydrogen (secondary N) is 1. The van der Waals surface area contributed by atoms with E-state index in [4.69, 9.17) is 9.26 Å². The van der Waals surface area contributed by atoms with Crippen molar-refractivity contribution in [3.63, 3.8) is 0 Å². The minimum Gasteiger partial charge on any atom is -0.497 e. The Labute approximate surface area is 177 Å². The number of hydrogen-bond acceptors (Lipinski definition) is 6. The number of halogens is 1. The lowest BCUT2D eigenvalue weighted by molar-refractivity contribution is -0.133. The van der Waals surface area contributed by atoms with E-state index >= 15 is 0 Å². The van der Waals surface area contributed by atoms with Gasteiger partial charge in [0.1, 0.15) is 5.75 Å². The van der Waals surface area contributed by atoms with Gasteiger partial charge in [-0.15, -0.1) is 12.4 Å². The third-order valence-electron chi connectivity index (χ3n) is 6.21. The van der Waals surface area contributed by atoms with Gasteiger partial charge in [0, 0.05) is 31.5 Å². The lowest BCUT2D eigenvalue weighted by atomic mass is 9.71. The number of hydrogen-bond donors (Lipinski definition) is 1. The molecule has 158 valence electrons. The molecule has 1 aromatic heterocycles. The maximum absolute atomic E-state index is 12.6. The third kappa shape index (κ3) is 5.08. The van der Waals surface area contributed by atoms with Crippen molar-refractivity contribution in [2.45, 2.75) is 38.5 Å². The summed E-state index contributed by atoms with van der Waals surface area (Å²) in [6.07, 6.45) is 5.63. The van der Waals surface area contributed by atoms with Gasteiger partial charge in [0.25, 0.3) is 0 Å². The van der Waals surface area contributed by atoms with Gasteiger partial charge in [0.2, 0.25) is 17.6 Å². The monoisotopic (exact) mass is 420 g/mol. The van der Waals surface area contributed by atoms with Gasteiger partial charge < -0.3 is 19.5 Å². The van der Waals surface area contributed by atoms with Gasteiger partial charge in [0.05, 0.1) is 7.11 Å². The quantitative estimate of drug-likeness (QED) is 0.800. The van der Waals surface area contributed by atoms with Gasteiger partial charge in [-0.05, 0) is 68.5 Å². The number of piperidine rings is 2. The fraction of sp³-hybridized carbons (Fsp3) is 0.571. The lowest BCUT2D eigenvalue weighted by Crippen LogP contribution is -2.47. The smallest absolute Gasteiger partial charge is 0.227 e. The normalized spacial score (nSPS) is 18.3. The molecule has 0 bridgehead atoms. The summed E-state index contributed by atoms with van der Waals surface area (Å²) in [5.74, 6) is 2.01. The first-order valence-corrected chi connectivity index (χ1v) is 10.1. The van der Waals surface area contributed by atoms with Crippen LogP contribution in [0, 0.1) is 5.41 Å². The molecule has 1 spiro atoms. The van der Waals surface area contributed by atoms with E-state index in [-0.39, 0.29) is 18.3 Å². The van der Waals surface area contributed by atoms with Crippen LogP contribution in [0.3, 0.4) is 0 Å². The number of rotatable bonds is 5. The van der Waals surface area contributed by atoms with Gasteiger partial charge in [-0.1, -0.05) is 5.16 Å². The summed E-state index contributed by atoms with van der Waals surface area (Å²) in [5.41, 5.74) is 1.33. The zero-order valence-corrected chi connectivity index (χ0v) is 17.7. The molecular weight excluding hydrogens is 392 g/mol. The molecule has 2 aromatic rings. The largest absolute Gasteiger partial charge is 0.497 e. The second-order valence-corrected chi connectivity index (χ2v) is 7.87. The summed E-state index contributed by atoms with van der Waals surface area (Å²) >= 11 is 0. The van der Waals surface area contributed by atoms with E-state index in [2.05, 4.69) is 15.5 Å². The Balaban J connectivity index is 0.00000240. The van der Waals surface area contributed by atoms with Crippen molar-refractivity contribution in [1.82, 2.24) is 20.4 Å². The van der Waals surface area contributed by atoms with Crippen LogP contribution in [-0.2, 0) is 11.2 Å². The average molecular weight is 421 g/mol. The molecule has 3 heterocycles. The predicted molar refractivity (Wildman–Crippen MR) is 112 cm³/mol. The zero-order chi connectivity index (χ0) is 19.4. The molecule has 2 fully saturated rings. The number of benzene rings is 1. The first-order valence-electron chi connectivity index (χ1n) is 10.1. The van der Waals surface area contributed by atoms with Crippen LogP contribution in [0.2, 0.25) is 0 Å². The Kier molecular flexibility index (Phi) is 7.14. The topological polar surface area (TPSA) is 80.5 Å². The molecule has 0 atom stereocenters. The molecule has 0 aliphatic carbocycles. The number of ether oxygens (including phenoxy) is 1. The van der Waals surface area contributed by atoms with E-state index in [0.717, 1.165) is 50.3 Å². The van der Waals surface area contributed by atoms with Crippen LogP contribution in [-0.4, -0.2) is 54.2 Å². The summed E-state index contributed by atoms with van der Waals surface area (Å²) in [7, 11) is 1.63. The highest BCUT2D eigenvalue weighted by atomic mass is 35.5. The van der Waals surface area contributed by atoms with Crippen LogP contribution in [0.5, 0.6) is 5.75 Å². The number of amides is 1. The summed E-state index contributed by atoms with van der Waals surface area (Å²) < 4.78 is 10.5. The number of aromatic nitrogens is 2. The average Bonchev–Trinajstić information content (AvgIpc) is 3.22. The molecule has 1 aromatic carbocycles. The molecule has 0 unspecified atom stereocenters. The van der Waals surface area contributed by atoms with Crippen LogP contribution < -0.4 is 10.1 Å². The Bertz CT molecular complexity index is 793. The molecular formula is C21H29ClN4O3. The fourth-order valence-corrected chi connectivity index (χ4v) is 4.27. The molecule has 29 heavy (non-hydrogen) atoms. The number of nitrogens with zero attached hydrogens (tertiary/aromatic N) is 3. The molecule has 4 rings (SSSR count). The lowest BCUT2D eigenvalue weighted by Gasteiger charge is -2.44. The Morgan fingerprint density at radius 2 is 1.86 bits per heavy atom. The number of aryl methyl sites for hydroxylation is 1. The maximum atomic E-state index is 12.6. The molecule has 2 saturated heterocycles. The summed E-state index contributed by atoms with van der Waals surface area (Å²) in [6.45, 7) is 3.98. The second-order valence-electron chi connectivity index (χ2n) is 7.87. The zero-order valence-electron chi connectivity index (χ0n) is 16.9. The van der Waals surface area contributed by atoms with Crippen molar-refractivity contribution in [2.75, 3.05) is 33.3 Å². The van der Waals surface area contributed by atoms with Crippen LogP contribution in [0.25, 0.3) is 11.4 Å². The summed E-state index contributed by atoms with van der Waals surface area (Å²) in [5, 5.41) is 7.47. The standard InChI is InChI=1S/C21H28N4O3.ClH/c1-27-17-4-2-16(3-5-17)20-23-18(28-24-20)6-7-19(26)25-14-10-21(11-15-25)8-12-22-13-9-21;/h2-5,22H,6-15H2,1H3;1H. The summed E-state index contributed by atoms with van der Waals surface area (Å²) in [4.78, 5) is 19.0. The van der Waals surface area contributed by atoms with E-state index in [0.29, 0.717) is 30.0 Å². The highest BCUT2D eigenvalue weighted by molar-refractivity contribution is 5.85. The van der Waals surface area contributed by atoms with Crippen LogP contribution >= 0.6 is 12.4 Å². The van der Waals surface area contributed by atoms with E-state index < -0.39 is 0 Å². The van der Waals surface area contributed by atoms with E-state index in [1.165, 1.54) is 12.8 Å². The maximum Gasteiger partial charge on any atom is 0.227 e. The third-order valence-corrected chi connectivity index (χ3v) is 6.21. The predicted octanol–water partition coefficient (Wildman–Crippen LogP) is 3.09. The van der Waals surface area contributed by atoms with Crippen molar-refractivity contribution in [2.24, 2.45) is 5.41 Å². The Morgan fingerprint density at radius 1 is 1.17 bits per heavy atom. The first kappa shape index (κ1) is 21.6. The highest BCUT2D eigenvalue weighted by Gasteiger charge is 2.36. The minimum atomic E-state index is 0. The number of carbonyl (C=O) groups is 1. The Hall–Kier alpha value is -2.12. The fourth-order valence-electron chi connectivity index (χ4n) is 4.27. The minimum absolute atomic E-state index is 0. The molecule has 0 saturated carbocycles. The van der Waals surface area contributed by atoms with Gasteiger partial charge >= 0.3 is 0 Å². The molecule has 2 aliphatic heterocycles. The number of likely N-dealkylation sites (tertiary alicyclic amines) is 1. The highest BCUT2D eigenvalue weighted by Crippen LogP contribution is 2.39. The molecule has 0 radical (unpaired) electrons. The van der Waals surface area contributed by atoms with E-state index in [1.807, 2.05) is 29.2 Å². The molecule has 1 amide bonds. The van der Waals surface area contributed by atoms with E-state index in [1.54, 1.807) is 7.11 Å². The second kappa shape index (κ2) is 9.59.